The van der Waals surface area contributed by atoms with Crippen LogP contribution in [0.1, 0.15) is 49.0 Å². The van der Waals surface area contributed by atoms with Crippen LogP contribution in [0.15, 0.2) is 42.5 Å². The van der Waals surface area contributed by atoms with Gasteiger partial charge in [-0.3, -0.25) is 4.79 Å². The summed E-state index contributed by atoms with van der Waals surface area (Å²) in [4.78, 5) is 14.5. The van der Waals surface area contributed by atoms with E-state index in [1.807, 2.05) is 0 Å². The van der Waals surface area contributed by atoms with Crippen molar-refractivity contribution in [2.24, 2.45) is 11.8 Å². The van der Waals surface area contributed by atoms with Crippen LogP contribution in [-0.2, 0) is 0 Å². The van der Waals surface area contributed by atoms with Crippen LogP contribution in [0.5, 0.6) is 5.75 Å². The molecule has 0 aromatic heterocycles. The minimum Gasteiger partial charge on any atom is -0.448 e. The molecule has 0 radical (unpaired) electrons. The Labute approximate surface area is 188 Å². The van der Waals surface area contributed by atoms with Gasteiger partial charge in [-0.15, -0.1) is 0 Å². The molecule has 3 rings (SSSR count). The normalized spacial score (nSPS) is 17.2. The molecule has 32 heavy (non-hydrogen) atoms. The number of aliphatic hydroxyl groups is 1. The molecule has 2 atom stereocenters. The quantitative estimate of drug-likeness (QED) is 0.587. The molecule has 2 aromatic rings. The second-order valence-corrected chi connectivity index (χ2v) is 8.92. The van der Waals surface area contributed by atoms with Gasteiger partial charge in [-0.25, -0.2) is 13.7 Å². The highest BCUT2D eigenvalue weighted by Crippen LogP contribution is 2.27. The number of hydrogen-bond acceptors (Lipinski definition) is 4. The summed E-state index contributed by atoms with van der Waals surface area (Å²) < 4.78 is 32.8. The molecule has 1 aliphatic rings. The number of carbonyl (C=O) groups is 1. The Balaban J connectivity index is 1.59. The van der Waals surface area contributed by atoms with Crippen LogP contribution in [0.4, 0.5) is 8.78 Å². The van der Waals surface area contributed by atoms with Gasteiger partial charge < -0.3 is 15.2 Å². The third-order valence-electron chi connectivity index (χ3n) is 5.99. The van der Waals surface area contributed by atoms with E-state index in [0.29, 0.717) is 30.1 Å². The molecular formula is C25H32F2N2O3. The second-order valence-electron chi connectivity index (χ2n) is 8.92. The summed E-state index contributed by atoms with van der Waals surface area (Å²) in [6.07, 6.45) is 1.12. The molecule has 1 amide bonds. The first-order valence-electron chi connectivity index (χ1n) is 11.1. The Kier molecular flexibility index (Phi) is 8.21. The van der Waals surface area contributed by atoms with Crippen LogP contribution in [0.25, 0.3) is 0 Å². The number of hydrogen-bond donors (Lipinski definition) is 2. The molecule has 0 aliphatic carbocycles. The average Bonchev–Trinajstić information content (AvgIpc) is 2.76. The maximum atomic E-state index is 14.2. The van der Waals surface area contributed by atoms with E-state index in [1.54, 1.807) is 24.0 Å². The van der Waals surface area contributed by atoms with Crippen LogP contribution >= 0.6 is 0 Å². The van der Waals surface area contributed by atoms with E-state index >= 15 is 0 Å². The van der Waals surface area contributed by atoms with Crippen molar-refractivity contribution >= 4 is 5.91 Å². The van der Waals surface area contributed by atoms with Crippen molar-refractivity contribution < 1.29 is 23.4 Å². The predicted molar refractivity (Wildman–Crippen MR) is 119 cm³/mol. The number of aliphatic hydroxyl groups excluding tert-OH is 1. The van der Waals surface area contributed by atoms with Gasteiger partial charge in [0.05, 0.1) is 0 Å². The van der Waals surface area contributed by atoms with E-state index in [9.17, 15) is 18.7 Å². The van der Waals surface area contributed by atoms with E-state index < -0.39 is 12.2 Å². The first-order chi connectivity index (χ1) is 15.2. The van der Waals surface area contributed by atoms with Crippen molar-refractivity contribution in [1.82, 2.24) is 10.2 Å². The standard InChI is InChI=1S/C25H32F2N2O3/c1-16(2)15-21(28-24(30)19-7-9-20(26)10-8-19)18-11-13-29(14-12-18)25(31)32-22-6-4-5-17(3)23(22)27/h4-10,16,18,21,25,31H,11-15H2,1-3H3,(H,28,30). The molecule has 0 saturated carbocycles. The Hall–Kier alpha value is -2.51. The molecule has 1 heterocycles. The first kappa shape index (κ1) is 24.1. The Bertz CT molecular complexity index is 897. The van der Waals surface area contributed by atoms with Gasteiger partial charge >= 0.3 is 0 Å². The van der Waals surface area contributed by atoms with Crippen molar-refractivity contribution in [1.29, 1.82) is 0 Å². The van der Waals surface area contributed by atoms with Crippen LogP contribution in [0, 0.1) is 30.4 Å². The van der Waals surface area contributed by atoms with Crippen LogP contribution < -0.4 is 10.1 Å². The van der Waals surface area contributed by atoms with E-state index in [2.05, 4.69) is 19.2 Å². The number of amides is 1. The van der Waals surface area contributed by atoms with E-state index in [1.165, 1.54) is 30.3 Å². The van der Waals surface area contributed by atoms with Gasteiger partial charge in [0.1, 0.15) is 5.82 Å². The number of ether oxygens (including phenoxy) is 1. The smallest absolute Gasteiger partial charge is 0.259 e. The number of likely N-dealkylation sites (tertiary alicyclic amines) is 1. The van der Waals surface area contributed by atoms with E-state index in [4.69, 9.17) is 4.74 Å². The van der Waals surface area contributed by atoms with Crippen molar-refractivity contribution in [2.75, 3.05) is 13.1 Å². The number of benzene rings is 2. The fourth-order valence-corrected chi connectivity index (χ4v) is 4.17. The molecular weight excluding hydrogens is 414 g/mol. The largest absolute Gasteiger partial charge is 0.448 e. The zero-order chi connectivity index (χ0) is 23.3. The second kappa shape index (κ2) is 10.9. The maximum Gasteiger partial charge on any atom is 0.259 e. The first-order valence-corrected chi connectivity index (χ1v) is 11.1. The van der Waals surface area contributed by atoms with Gasteiger partial charge in [-0.2, -0.15) is 0 Å². The van der Waals surface area contributed by atoms with Crippen molar-refractivity contribution in [3.8, 4) is 5.75 Å². The monoisotopic (exact) mass is 446 g/mol. The SMILES string of the molecule is Cc1cccc(OC(O)N2CCC(C(CC(C)C)NC(=O)c3ccc(F)cc3)CC2)c1F. The summed E-state index contributed by atoms with van der Waals surface area (Å²) in [6.45, 7) is 7.01. The molecule has 7 heteroatoms. The molecule has 1 aliphatic heterocycles. The Morgan fingerprint density at radius 3 is 2.44 bits per heavy atom. The molecule has 2 aromatic carbocycles. The lowest BCUT2D eigenvalue weighted by Gasteiger charge is -2.38. The summed E-state index contributed by atoms with van der Waals surface area (Å²) in [6, 6.07) is 10.3. The zero-order valence-electron chi connectivity index (χ0n) is 18.9. The number of piperidine rings is 1. The van der Waals surface area contributed by atoms with Crippen LogP contribution in [0.2, 0.25) is 0 Å². The highest BCUT2D eigenvalue weighted by molar-refractivity contribution is 5.94. The molecule has 2 unspecified atom stereocenters. The number of nitrogens with one attached hydrogen (secondary N) is 1. The van der Waals surface area contributed by atoms with Crippen molar-refractivity contribution in [2.45, 2.75) is 52.5 Å². The van der Waals surface area contributed by atoms with Gasteiger partial charge in [-0.1, -0.05) is 26.0 Å². The predicted octanol–water partition coefficient (Wildman–Crippen LogP) is 4.48. The molecule has 2 N–H and O–H groups in total. The summed E-state index contributed by atoms with van der Waals surface area (Å²) in [5.41, 5.74) is 0.892. The van der Waals surface area contributed by atoms with Crippen molar-refractivity contribution in [3.63, 3.8) is 0 Å². The maximum absolute atomic E-state index is 14.2. The number of halogens is 2. The molecule has 0 bridgehead atoms. The molecule has 5 nitrogen and oxygen atoms in total. The molecule has 1 fully saturated rings. The fraction of sp³-hybridized carbons (Fsp3) is 0.480. The van der Waals surface area contributed by atoms with Gasteiger partial charge in [0.15, 0.2) is 11.6 Å². The highest BCUT2D eigenvalue weighted by Gasteiger charge is 2.31. The third-order valence-corrected chi connectivity index (χ3v) is 5.99. The van der Waals surface area contributed by atoms with Gasteiger partial charge in [0.25, 0.3) is 12.3 Å². The number of aryl methyl sites for hydroxylation is 1. The lowest BCUT2D eigenvalue weighted by atomic mass is 9.84. The number of rotatable bonds is 8. The topological polar surface area (TPSA) is 61.8 Å². The third kappa shape index (κ3) is 6.26. The minimum atomic E-state index is -1.23. The molecule has 0 spiro atoms. The summed E-state index contributed by atoms with van der Waals surface area (Å²) >= 11 is 0. The number of nitrogens with zero attached hydrogens (tertiary/aromatic N) is 1. The van der Waals surface area contributed by atoms with Gasteiger partial charge in [-0.05, 0) is 73.9 Å². The van der Waals surface area contributed by atoms with Gasteiger partial charge in [0, 0.05) is 24.7 Å². The van der Waals surface area contributed by atoms with E-state index in [0.717, 1.165) is 19.3 Å². The van der Waals surface area contributed by atoms with Crippen molar-refractivity contribution in [3.05, 3.63) is 65.2 Å². The lowest BCUT2D eigenvalue weighted by molar-refractivity contribution is -0.147. The summed E-state index contributed by atoms with van der Waals surface area (Å²) in [5, 5.41) is 13.6. The van der Waals surface area contributed by atoms with Crippen LogP contribution in [0.3, 0.4) is 0 Å². The molecule has 174 valence electrons. The lowest BCUT2D eigenvalue weighted by Crippen LogP contribution is -2.49. The Morgan fingerprint density at radius 1 is 1.16 bits per heavy atom. The highest BCUT2D eigenvalue weighted by atomic mass is 19.1. The van der Waals surface area contributed by atoms with E-state index in [-0.39, 0.29) is 29.4 Å². The minimum absolute atomic E-state index is 0.0259. The zero-order valence-corrected chi connectivity index (χ0v) is 18.9. The summed E-state index contributed by atoms with van der Waals surface area (Å²) in [5.74, 6) is -0.396. The summed E-state index contributed by atoms with van der Waals surface area (Å²) in [7, 11) is 0. The number of carbonyl (C=O) groups excluding carboxylic acids is 1. The fourth-order valence-electron chi connectivity index (χ4n) is 4.17. The molecule has 1 saturated heterocycles. The van der Waals surface area contributed by atoms with Crippen LogP contribution in [-0.4, -0.2) is 41.5 Å². The Morgan fingerprint density at radius 2 is 1.81 bits per heavy atom. The van der Waals surface area contributed by atoms with Gasteiger partial charge in [0.2, 0.25) is 0 Å². The average molecular weight is 447 g/mol.